The largest absolute Gasteiger partial charge is 0.384 e. The van der Waals surface area contributed by atoms with E-state index < -0.39 is 11.2 Å². The highest BCUT2D eigenvalue weighted by Gasteiger charge is 2.40. The Hall–Kier alpha value is -2.67. The van der Waals surface area contributed by atoms with Gasteiger partial charge in [-0.05, 0) is 51.0 Å². The molecule has 2 aromatic rings. The summed E-state index contributed by atoms with van der Waals surface area (Å²) in [4.78, 5) is 41.4. The fraction of sp³-hybridized carbons (Fsp3) is 0.522. The van der Waals surface area contributed by atoms with Crippen molar-refractivity contribution in [3.05, 3.63) is 62.3 Å². The van der Waals surface area contributed by atoms with E-state index in [9.17, 15) is 14.4 Å². The number of nitrogen functional groups attached to an aromatic ring is 1. The second kappa shape index (κ2) is 8.22. The molecule has 0 saturated heterocycles. The topological polar surface area (TPSA) is 90.3 Å². The van der Waals surface area contributed by atoms with Gasteiger partial charge >= 0.3 is 5.69 Å². The Labute approximate surface area is 176 Å². The van der Waals surface area contributed by atoms with Gasteiger partial charge in [0, 0.05) is 18.6 Å². The quantitative estimate of drug-likeness (QED) is 0.640. The lowest BCUT2D eigenvalue weighted by atomic mass is 10.1. The minimum atomic E-state index is -0.580. The Bertz CT molecular complexity index is 1050. The molecule has 2 saturated carbocycles. The van der Waals surface area contributed by atoms with Crippen LogP contribution in [0, 0.1) is 5.92 Å². The molecule has 2 fully saturated rings. The van der Waals surface area contributed by atoms with Crippen LogP contribution in [-0.4, -0.2) is 38.4 Å². The van der Waals surface area contributed by atoms with Crippen molar-refractivity contribution in [1.82, 2.24) is 14.0 Å². The lowest BCUT2D eigenvalue weighted by molar-refractivity contribution is 0.0872. The first-order chi connectivity index (χ1) is 14.4. The van der Waals surface area contributed by atoms with E-state index in [4.69, 9.17) is 5.73 Å². The predicted octanol–water partition coefficient (Wildman–Crippen LogP) is 2.11. The maximum absolute atomic E-state index is 13.3. The molecule has 0 aliphatic heterocycles. The van der Waals surface area contributed by atoms with Gasteiger partial charge in [-0.25, -0.2) is 4.79 Å². The molecule has 30 heavy (non-hydrogen) atoms. The van der Waals surface area contributed by atoms with Crippen molar-refractivity contribution in [3.8, 4) is 0 Å². The van der Waals surface area contributed by atoms with E-state index in [1.165, 1.54) is 17.4 Å². The maximum Gasteiger partial charge on any atom is 0.332 e. The van der Waals surface area contributed by atoms with Gasteiger partial charge in [-0.2, -0.15) is 0 Å². The van der Waals surface area contributed by atoms with E-state index in [2.05, 4.69) is 11.8 Å². The average Bonchev–Trinajstić information content (AvgIpc) is 3.63. The summed E-state index contributed by atoms with van der Waals surface area (Å²) in [5, 5.41) is 0. The molecule has 1 atom stereocenters. The van der Waals surface area contributed by atoms with Crippen LogP contribution >= 0.6 is 0 Å². The smallest absolute Gasteiger partial charge is 0.332 e. The van der Waals surface area contributed by atoms with Gasteiger partial charge in [0.25, 0.3) is 5.56 Å². The summed E-state index contributed by atoms with van der Waals surface area (Å²) >= 11 is 0. The third-order valence-electron chi connectivity index (χ3n) is 6.42. The number of rotatable bonds is 9. The lowest BCUT2D eigenvalue weighted by Crippen LogP contribution is -2.46. The van der Waals surface area contributed by atoms with Gasteiger partial charge in [0.1, 0.15) is 11.4 Å². The predicted molar refractivity (Wildman–Crippen MR) is 117 cm³/mol. The summed E-state index contributed by atoms with van der Waals surface area (Å²) in [5.74, 6) is 0.314. The molecule has 1 unspecified atom stereocenters. The van der Waals surface area contributed by atoms with Crippen LogP contribution in [0.1, 0.15) is 55.5 Å². The third kappa shape index (κ3) is 3.99. The highest BCUT2D eigenvalue weighted by Crippen LogP contribution is 2.39. The van der Waals surface area contributed by atoms with E-state index in [0.717, 1.165) is 23.0 Å². The summed E-state index contributed by atoms with van der Waals surface area (Å²) < 4.78 is 2.46. The number of hydrogen-bond donors (Lipinski definition) is 1. The van der Waals surface area contributed by atoms with Gasteiger partial charge in [-0.3, -0.25) is 23.6 Å². The molecule has 0 spiro atoms. The molecule has 2 aliphatic carbocycles. The second-order valence-electron chi connectivity index (χ2n) is 8.57. The molecule has 4 rings (SSSR count). The average molecular weight is 411 g/mol. The van der Waals surface area contributed by atoms with Crippen molar-refractivity contribution in [2.75, 3.05) is 12.3 Å². The summed E-state index contributed by atoms with van der Waals surface area (Å²) in [6.45, 7) is 4.49. The molecular weight excluding hydrogens is 380 g/mol. The molecule has 0 amide bonds. The zero-order chi connectivity index (χ0) is 21.4. The van der Waals surface area contributed by atoms with Crippen molar-refractivity contribution >= 4 is 11.6 Å². The Morgan fingerprint density at radius 3 is 2.37 bits per heavy atom. The molecule has 2 aliphatic rings. The zero-order valence-corrected chi connectivity index (χ0v) is 17.7. The van der Waals surface area contributed by atoms with E-state index >= 15 is 0 Å². The number of carbonyl (C=O) groups is 1. The van der Waals surface area contributed by atoms with Crippen molar-refractivity contribution in [1.29, 1.82) is 0 Å². The van der Waals surface area contributed by atoms with E-state index in [1.54, 1.807) is 6.92 Å². The molecule has 1 aromatic heterocycles. The number of nitrogens with zero attached hydrogens (tertiary/aromatic N) is 3. The molecule has 0 bridgehead atoms. The van der Waals surface area contributed by atoms with Crippen LogP contribution in [0.5, 0.6) is 0 Å². The minimum Gasteiger partial charge on any atom is -0.384 e. The van der Waals surface area contributed by atoms with Gasteiger partial charge in [0.15, 0.2) is 5.78 Å². The van der Waals surface area contributed by atoms with Gasteiger partial charge in [0.05, 0.1) is 13.1 Å². The molecule has 1 aromatic carbocycles. The summed E-state index contributed by atoms with van der Waals surface area (Å²) in [6, 6.07) is 10.2. The second-order valence-corrected chi connectivity index (χ2v) is 8.57. The van der Waals surface area contributed by atoms with E-state index in [-0.39, 0.29) is 36.8 Å². The number of carbonyl (C=O) groups excluding carboxylic acids is 1. The number of Topliss-reactive ketones (excluding diaryl/α,β-unsaturated/α-hetero) is 1. The minimum absolute atomic E-state index is 0.0293. The van der Waals surface area contributed by atoms with Crippen LogP contribution in [0.25, 0.3) is 0 Å². The molecule has 0 radical (unpaired) electrons. The van der Waals surface area contributed by atoms with Crippen LogP contribution in [-0.2, 0) is 13.1 Å². The Balaban J connectivity index is 1.71. The normalized spacial score (nSPS) is 17.3. The van der Waals surface area contributed by atoms with Gasteiger partial charge < -0.3 is 5.73 Å². The van der Waals surface area contributed by atoms with Crippen LogP contribution in [0.3, 0.4) is 0 Å². The summed E-state index contributed by atoms with van der Waals surface area (Å²) in [7, 11) is 0. The Morgan fingerprint density at radius 2 is 1.80 bits per heavy atom. The molecule has 2 N–H and O–H groups in total. The first kappa shape index (κ1) is 20.6. The first-order valence-electron chi connectivity index (χ1n) is 10.9. The first-order valence-corrected chi connectivity index (χ1v) is 10.9. The molecular formula is C23H30N4O3. The van der Waals surface area contributed by atoms with Gasteiger partial charge in [0.2, 0.25) is 0 Å². The number of aromatic nitrogens is 2. The monoisotopic (exact) mass is 410 g/mol. The number of ketones is 1. The van der Waals surface area contributed by atoms with Crippen LogP contribution in [0.4, 0.5) is 5.82 Å². The fourth-order valence-electron chi connectivity index (χ4n) is 4.28. The van der Waals surface area contributed by atoms with Crippen LogP contribution in [0.15, 0.2) is 39.9 Å². The van der Waals surface area contributed by atoms with Crippen molar-refractivity contribution in [2.24, 2.45) is 5.92 Å². The molecule has 1 heterocycles. The fourth-order valence-corrected chi connectivity index (χ4v) is 4.28. The number of nitrogens with two attached hydrogens (primary N) is 1. The van der Waals surface area contributed by atoms with E-state index in [0.29, 0.717) is 18.0 Å². The number of benzene rings is 1. The third-order valence-corrected chi connectivity index (χ3v) is 6.42. The van der Waals surface area contributed by atoms with Crippen LogP contribution in [0.2, 0.25) is 0 Å². The maximum atomic E-state index is 13.3. The lowest BCUT2D eigenvalue weighted by Gasteiger charge is -2.28. The standard InChI is InChI=1S/C23H30N4O3/c1-3-25-22(29)20(19(28)14-26(18-11-12-18)15(2)17-9-10-17)21(24)27(23(25)30)13-16-7-5-4-6-8-16/h4-8,15,17-18H,3,9-14,24H2,1-2H3. The number of anilines is 1. The molecule has 7 nitrogen and oxygen atoms in total. The van der Waals surface area contributed by atoms with Gasteiger partial charge in [-0.15, -0.1) is 0 Å². The number of hydrogen-bond acceptors (Lipinski definition) is 5. The highest BCUT2D eigenvalue weighted by atomic mass is 16.2. The van der Waals surface area contributed by atoms with E-state index in [1.807, 2.05) is 30.3 Å². The highest BCUT2D eigenvalue weighted by molar-refractivity contribution is 6.01. The Kier molecular flexibility index (Phi) is 5.64. The van der Waals surface area contributed by atoms with Crippen LogP contribution < -0.4 is 17.0 Å². The molecule has 160 valence electrons. The van der Waals surface area contributed by atoms with Crippen molar-refractivity contribution < 1.29 is 4.79 Å². The summed E-state index contributed by atoms with van der Waals surface area (Å²) in [5.41, 5.74) is 6.05. The summed E-state index contributed by atoms with van der Waals surface area (Å²) in [6.07, 6.45) is 4.58. The van der Waals surface area contributed by atoms with Gasteiger partial charge in [-0.1, -0.05) is 30.3 Å². The zero-order valence-electron chi connectivity index (χ0n) is 17.7. The van der Waals surface area contributed by atoms with Crippen molar-refractivity contribution in [2.45, 2.75) is 64.7 Å². The van der Waals surface area contributed by atoms with Crippen molar-refractivity contribution in [3.63, 3.8) is 0 Å². The Morgan fingerprint density at radius 1 is 1.13 bits per heavy atom. The SMILES string of the molecule is CCn1c(=O)c(C(=O)CN(C2CC2)C(C)C2CC2)c(N)n(Cc2ccccc2)c1=O. The molecule has 7 heteroatoms.